The summed E-state index contributed by atoms with van der Waals surface area (Å²) in [4.78, 5) is 12.9. The molecule has 2 aromatic carbocycles. The minimum absolute atomic E-state index is 0.0120. The largest absolute Gasteiger partial charge is 0.508 e. The molecule has 1 aliphatic carbocycles. The molecule has 0 spiro atoms. The third kappa shape index (κ3) is 2.81. The van der Waals surface area contributed by atoms with Gasteiger partial charge < -0.3 is 10.4 Å². The van der Waals surface area contributed by atoms with Crippen LogP contribution in [0.4, 0.5) is 5.69 Å². The summed E-state index contributed by atoms with van der Waals surface area (Å²) in [5, 5.41) is 13.0. The Morgan fingerprint density at radius 1 is 1.00 bits per heavy atom. The van der Waals surface area contributed by atoms with Gasteiger partial charge in [0.1, 0.15) is 5.75 Å². The molecule has 1 saturated carbocycles. The summed E-state index contributed by atoms with van der Waals surface area (Å²) in [5.41, 5.74) is 1.23. The van der Waals surface area contributed by atoms with Crippen molar-refractivity contribution in [2.24, 2.45) is 0 Å². The van der Waals surface area contributed by atoms with Crippen molar-refractivity contribution in [1.29, 1.82) is 0 Å². The lowest BCUT2D eigenvalue weighted by atomic mass is 9.78. The van der Waals surface area contributed by atoms with Crippen LogP contribution >= 0.6 is 11.6 Å². The van der Waals surface area contributed by atoms with Crippen LogP contribution in [0.5, 0.6) is 5.75 Å². The molecule has 1 fully saturated rings. The summed E-state index contributed by atoms with van der Waals surface area (Å²) in [6.45, 7) is 0. The minimum atomic E-state index is -0.484. The quantitative estimate of drug-likeness (QED) is 0.819. The number of hydrogen-bond donors (Lipinski definition) is 2. The molecule has 3 nitrogen and oxygen atoms in total. The lowest BCUT2D eigenvalue weighted by Crippen LogP contribution is -2.37. The van der Waals surface area contributed by atoms with Gasteiger partial charge in [0.05, 0.1) is 5.41 Å². The number of nitrogens with one attached hydrogen (secondary N) is 1. The number of carbonyl (C=O) groups excluding carboxylic acids is 1. The van der Waals surface area contributed by atoms with Gasteiger partial charge >= 0.3 is 0 Å². The molecule has 2 N–H and O–H groups in total. The number of hydrogen-bond acceptors (Lipinski definition) is 2. The predicted molar refractivity (Wildman–Crippen MR) is 88.3 cm³/mol. The van der Waals surface area contributed by atoms with Gasteiger partial charge in [-0.15, -0.1) is 0 Å². The molecule has 22 heavy (non-hydrogen) atoms. The fourth-order valence-electron chi connectivity index (χ4n) is 3.19. The molecular weight excluding hydrogens is 298 g/mol. The maximum atomic E-state index is 12.9. The second kappa shape index (κ2) is 6.01. The van der Waals surface area contributed by atoms with Crippen molar-refractivity contribution in [1.82, 2.24) is 0 Å². The fourth-order valence-corrected chi connectivity index (χ4v) is 3.32. The van der Waals surface area contributed by atoms with Crippen LogP contribution in [0.2, 0.25) is 5.02 Å². The normalized spacial score (nSPS) is 16.4. The molecule has 4 heteroatoms. The van der Waals surface area contributed by atoms with Crippen molar-refractivity contribution in [2.75, 3.05) is 5.32 Å². The number of halogens is 1. The smallest absolute Gasteiger partial charge is 0.235 e. The molecule has 1 amide bonds. The van der Waals surface area contributed by atoms with E-state index in [-0.39, 0.29) is 11.7 Å². The number of aromatic hydroxyl groups is 1. The van der Waals surface area contributed by atoms with E-state index in [2.05, 4.69) is 5.32 Å². The Morgan fingerprint density at radius 2 is 1.59 bits per heavy atom. The van der Waals surface area contributed by atoms with E-state index in [1.807, 2.05) is 24.3 Å². The SMILES string of the molecule is O=C(Nc1ccc(O)cc1)C1(c2ccc(Cl)cc2)CCCC1. The molecule has 2 aromatic rings. The average molecular weight is 316 g/mol. The van der Waals surface area contributed by atoms with Gasteiger partial charge in [-0.25, -0.2) is 0 Å². The van der Waals surface area contributed by atoms with Crippen molar-refractivity contribution in [3.63, 3.8) is 0 Å². The zero-order valence-electron chi connectivity index (χ0n) is 12.2. The summed E-state index contributed by atoms with van der Waals surface area (Å²) in [5.74, 6) is 0.198. The van der Waals surface area contributed by atoms with Crippen molar-refractivity contribution >= 4 is 23.2 Å². The molecule has 114 valence electrons. The first kappa shape index (κ1) is 14.9. The average Bonchev–Trinajstić information content (AvgIpc) is 3.01. The van der Waals surface area contributed by atoms with Gasteiger partial charge in [-0.05, 0) is 54.8 Å². The van der Waals surface area contributed by atoms with Crippen molar-refractivity contribution < 1.29 is 9.90 Å². The molecule has 3 rings (SSSR count). The van der Waals surface area contributed by atoms with Crippen LogP contribution in [0.3, 0.4) is 0 Å². The standard InChI is InChI=1S/C18H18ClNO2/c19-14-5-3-13(4-6-14)18(11-1-2-12-18)17(22)20-15-7-9-16(21)10-8-15/h3-10,21H,1-2,11-12H2,(H,20,22). The molecule has 0 unspecified atom stereocenters. The van der Waals surface area contributed by atoms with Crippen molar-refractivity contribution in [2.45, 2.75) is 31.1 Å². The lowest BCUT2D eigenvalue weighted by Gasteiger charge is -2.28. The second-order valence-corrected chi connectivity index (χ2v) is 6.23. The van der Waals surface area contributed by atoms with Gasteiger partial charge in [0.2, 0.25) is 5.91 Å². The second-order valence-electron chi connectivity index (χ2n) is 5.80. The van der Waals surface area contributed by atoms with Crippen LogP contribution in [-0.2, 0) is 10.2 Å². The summed E-state index contributed by atoms with van der Waals surface area (Å²) < 4.78 is 0. The van der Waals surface area contributed by atoms with E-state index < -0.39 is 5.41 Å². The summed E-state index contributed by atoms with van der Waals surface area (Å²) in [6, 6.07) is 14.1. The van der Waals surface area contributed by atoms with Crippen molar-refractivity contribution in [3.05, 3.63) is 59.1 Å². The van der Waals surface area contributed by atoms with Gasteiger partial charge in [0.25, 0.3) is 0 Å². The Balaban J connectivity index is 1.88. The first-order valence-corrected chi connectivity index (χ1v) is 7.84. The lowest BCUT2D eigenvalue weighted by molar-refractivity contribution is -0.121. The summed E-state index contributed by atoms with van der Waals surface area (Å²) in [6.07, 6.45) is 3.79. The van der Waals surface area contributed by atoms with E-state index in [4.69, 9.17) is 11.6 Å². The number of benzene rings is 2. The van der Waals surface area contributed by atoms with E-state index in [0.717, 1.165) is 31.2 Å². The Labute approximate surface area is 134 Å². The monoisotopic (exact) mass is 315 g/mol. The highest BCUT2D eigenvalue weighted by atomic mass is 35.5. The fraction of sp³-hybridized carbons (Fsp3) is 0.278. The van der Waals surface area contributed by atoms with Crippen LogP contribution < -0.4 is 5.32 Å². The maximum Gasteiger partial charge on any atom is 0.235 e. The number of anilines is 1. The number of phenols is 1. The van der Waals surface area contributed by atoms with Gasteiger partial charge in [-0.2, -0.15) is 0 Å². The number of rotatable bonds is 3. The van der Waals surface area contributed by atoms with Crippen LogP contribution in [0, 0.1) is 0 Å². The van der Waals surface area contributed by atoms with Gasteiger partial charge in [0.15, 0.2) is 0 Å². The van der Waals surface area contributed by atoms with Gasteiger partial charge in [0, 0.05) is 10.7 Å². The Kier molecular flexibility index (Phi) is 4.08. The zero-order valence-corrected chi connectivity index (χ0v) is 12.9. The molecule has 0 saturated heterocycles. The predicted octanol–water partition coefficient (Wildman–Crippen LogP) is 4.50. The summed E-state index contributed by atoms with van der Waals surface area (Å²) >= 11 is 5.96. The molecule has 0 atom stereocenters. The minimum Gasteiger partial charge on any atom is -0.508 e. The molecular formula is C18H18ClNO2. The van der Waals surface area contributed by atoms with Crippen LogP contribution in [0.15, 0.2) is 48.5 Å². The third-order valence-electron chi connectivity index (χ3n) is 4.41. The third-order valence-corrected chi connectivity index (χ3v) is 4.67. The highest BCUT2D eigenvalue weighted by Gasteiger charge is 2.42. The van der Waals surface area contributed by atoms with E-state index in [1.165, 1.54) is 0 Å². The number of phenolic OH excluding ortho intramolecular Hbond substituents is 1. The highest BCUT2D eigenvalue weighted by Crippen LogP contribution is 2.42. The Bertz CT molecular complexity index is 658. The van der Waals surface area contributed by atoms with E-state index >= 15 is 0 Å². The molecule has 0 aliphatic heterocycles. The van der Waals surface area contributed by atoms with E-state index in [0.29, 0.717) is 10.7 Å². The highest BCUT2D eigenvalue weighted by molar-refractivity contribution is 6.30. The van der Waals surface area contributed by atoms with Gasteiger partial charge in [-0.1, -0.05) is 36.6 Å². The first-order chi connectivity index (χ1) is 10.6. The zero-order chi connectivity index (χ0) is 15.6. The van der Waals surface area contributed by atoms with Crippen LogP contribution in [0.1, 0.15) is 31.2 Å². The van der Waals surface area contributed by atoms with E-state index in [1.54, 1.807) is 24.3 Å². The topological polar surface area (TPSA) is 49.3 Å². The Hall–Kier alpha value is -2.00. The van der Waals surface area contributed by atoms with E-state index in [9.17, 15) is 9.90 Å². The number of amides is 1. The summed E-state index contributed by atoms with van der Waals surface area (Å²) in [7, 11) is 0. The molecule has 0 aromatic heterocycles. The Morgan fingerprint density at radius 3 is 2.18 bits per heavy atom. The van der Waals surface area contributed by atoms with Crippen LogP contribution in [-0.4, -0.2) is 11.0 Å². The number of carbonyl (C=O) groups is 1. The first-order valence-electron chi connectivity index (χ1n) is 7.47. The molecule has 0 heterocycles. The molecule has 1 aliphatic rings. The van der Waals surface area contributed by atoms with Gasteiger partial charge in [-0.3, -0.25) is 4.79 Å². The van der Waals surface area contributed by atoms with Crippen molar-refractivity contribution in [3.8, 4) is 5.75 Å². The molecule has 0 bridgehead atoms. The van der Waals surface area contributed by atoms with Crippen LogP contribution in [0.25, 0.3) is 0 Å². The molecule has 0 radical (unpaired) electrons. The maximum absolute atomic E-state index is 12.9.